The summed E-state index contributed by atoms with van der Waals surface area (Å²) >= 11 is 11.4. The van der Waals surface area contributed by atoms with Crippen LogP contribution >= 0.6 is 23.2 Å². The number of halogens is 4. The molecule has 136 valence electrons. The normalized spacial score (nSPS) is 12.2. The Kier molecular flexibility index (Phi) is 6.59. The summed E-state index contributed by atoms with van der Waals surface area (Å²) in [5.74, 6) is -3.44. The number of aliphatic imine (C=N–C) groups is 1. The van der Waals surface area contributed by atoms with Crippen LogP contribution in [-0.2, 0) is 9.53 Å². The third-order valence-corrected chi connectivity index (χ3v) is 3.53. The molecule has 0 fully saturated rings. The van der Waals surface area contributed by atoms with Crippen LogP contribution in [0.15, 0.2) is 35.1 Å². The quantitative estimate of drug-likeness (QED) is 0.265. The Morgan fingerprint density at radius 3 is 2.73 bits per heavy atom. The molecule has 2 heterocycles. The predicted octanol–water partition coefficient (Wildman–Crippen LogP) is 4.30. The van der Waals surface area contributed by atoms with Crippen molar-refractivity contribution in [3.8, 4) is 0 Å². The number of rotatable bonds is 5. The molecule has 0 aliphatic heterocycles. The minimum Gasteiger partial charge on any atom is -0.506 e. The van der Waals surface area contributed by atoms with E-state index in [1.54, 1.807) is 6.92 Å². The first-order valence-electron chi connectivity index (χ1n) is 7.11. The van der Waals surface area contributed by atoms with E-state index >= 15 is 0 Å². The summed E-state index contributed by atoms with van der Waals surface area (Å²) < 4.78 is 32.1. The molecule has 1 N–H and O–H groups in total. The molecule has 6 nitrogen and oxygen atoms in total. The number of carbonyl (C=O) groups is 1. The van der Waals surface area contributed by atoms with E-state index in [-0.39, 0.29) is 23.0 Å². The average molecular weight is 402 g/mol. The van der Waals surface area contributed by atoms with Crippen molar-refractivity contribution in [2.75, 3.05) is 6.61 Å². The molecule has 0 spiro atoms. The van der Waals surface area contributed by atoms with Crippen molar-refractivity contribution >= 4 is 46.8 Å². The molecule has 2 aromatic heterocycles. The Morgan fingerprint density at radius 2 is 2.08 bits per heavy atom. The Labute approximate surface area is 156 Å². The second-order valence-electron chi connectivity index (χ2n) is 4.67. The summed E-state index contributed by atoms with van der Waals surface area (Å²) in [6.07, 6.45) is 3.09. The van der Waals surface area contributed by atoms with Gasteiger partial charge < -0.3 is 9.84 Å². The van der Waals surface area contributed by atoms with Crippen molar-refractivity contribution in [3.63, 3.8) is 0 Å². The van der Waals surface area contributed by atoms with Gasteiger partial charge in [0.1, 0.15) is 22.2 Å². The highest BCUT2D eigenvalue weighted by atomic mass is 35.5. The summed E-state index contributed by atoms with van der Waals surface area (Å²) in [6.45, 7) is 1.54. The number of esters is 1. The fourth-order valence-electron chi connectivity index (χ4n) is 1.78. The predicted molar refractivity (Wildman–Crippen MR) is 92.7 cm³/mol. The van der Waals surface area contributed by atoms with Gasteiger partial charge in [-0.3, -0.25) is 9.98 Å². The summed E-state index contributed by atoms with van der Waals surface area (Å²) in [6, 6.07) is 2.05. The second kappa shape index (κ2) is 8.68. The van der Waals surface area contributed by atoms with Crippen molar-refractivity contribution in [3.05, 3.63) is 57.6 Å². The Morgan fingerprint density at radius 1 is 1.35 bits per heavy atom. The van der Waals surface area contributed by atoms with E-state index in [2.05, 4.69) is 15.0 Å². The van der Waals surface area contributed by atoms with Crippen molar-refractivity contribution in [2.45, 2.75) is 6.92 Å². The number of hydrogen-bond acceptors (Lipinski definition) is 6. The molecule has 26 heavy (non-hydrogen) atoms. The highest BCUT2D eigenvalue weighted by Gasteiger charge is 2.20. The average Bonchev–Trinajstić information content (AvgIpc) is 2.60. The number of ether oxygens (including phenoxy) is 1. The number of aromatic nitrogens is 2. The monoisotopic (exact) mass is 401 g/mol. The number of aliphatic hydroxyl groups is 1. The van der Waals surface area contributed by atoms with Gasteiger partial charge in [-0.15, -0.1) is 0 Å². The number of pyridine rings is 2. The highest BCUT2D eigenvalue weighted by molar-refractivity contribution is 6.34. The molecule has 0 aliphatic rings. The molecule has 0 aromatic carbocycles. The maximum absolute atomic E-state index is 13.6. The lowest BCUT2D eigenvalue weighted by molar-refractivity contribution is -0.137. The van der Waals surface area contributed by atoms with Crippen LogP contribution in [0.3, 0.4) is 0 Å². The van der Waals surface area contributed by atoms with Crippen LogP contribution in [0.2, 0.25) is 10.3 Å². The summed E-state index contributed by atoms with van der Waals surface area (Å²) in [7, 11) is 0. The maximum Gasteiger partial charge on any atom is 0.343 e. The van der Waals surface area contributed by atoms with Crippen LogP contribution in [0.25, 0.3) is 5.76 Å². The molecule has 0 atom stereocenters. The molecular formula is C16H11Cl2F2N3O3. The van der Waals surface area contributed by atoms with E-state index in [1.165, 1.54) is 12.3 Å². The van der Waals surface area contributed by atoms with Gasteiger partial charge in [0.15, 0.2) is 16.8 Å². The molecule has 0 saturated carbocycles. The van der Waals surface area contributed by atoms with E-state index < -0.39 is 34.1 Å². The van der Waals surface area contributed by atoms with Crippen molar-refractivity contribution in [1.82, 2.24) is 9.97 Å². The van der Waals surface area contributed by atoms with Gasteiger partial charge in [-0.2, -0.15) is 0 Å². The third-order valence-electron chi connectivity index (χ3n) is 2.98. The molecule has 0 amide bonds. The molecule has 0 bridgehead atoms. The zero-order valence-corrected chi connectivity index (χ0v) is 14.7. The van der Waals surface area contributed by atoms with Crippen molar-refractivity contribution in [1.29, 1.82) is 0 Å². The van der Waals surface area contributed by atoms with Crippen LogP contribution < -0.4 is 0 Å². The SMILES string of the molecule is CCOC(=O)/C(C=Nc1ccncc1F)=C(\O)c1cc(F)c(Cl)nc1Cl. The van der Waals surface area contributed by atoms with Gasteiger partial charge >= 0.3 is 5.97 Å². The zero-order valence-electron chi connectivity index (χ0n) is 13.2. The Bertz CT molecular complexity index is 904. The highest BCUT2D eigenvalue weighted by Crippen LogP contribution is 2.27. The standard InChI is InChI=1S/C16H11Cl2F2N3O3/c1-2-26-16(25)9(6-22-12-3-4-21-7-11(12)20)13(24)8-5-10(19)15(18)23-14(8)17/h3-7,24H,2H2,1H3/b13-9-,22-6?. The van der Waals surface area contributed by atoms with Gasteiger partial charge in [-0.25, -0.2) is 18.6 Å². The second-order valence-corrected chi connectivity index (χ2v) is 5.38. The largest absolute Gasteiger partial charge is 0.506 e. The van der Waals surface area contributed by atoms with Gasteiger partial charge in [0.2, 0.25) is 0 Å². The summed E-state index contributed by atoms with van der Waals surface area (Å²) in [5, 5.41) is 9.52. The number of hydrogen-bond donors (Lipinski definition) is 1. The van der Waals surface area contributed by atoms with Gasteiger partial charge in [0.05, 0.1) is 18.4 Å². The minimum absolute atomic E-state index is 0.00592. The molecular weight excluding hydrogens is 391 g/mol. The van der Waals surface area contributed by atoms with E-state index in [9.17, 15) is 18.7 Å². The fourth-order valence-corrected chi connectivity index (χ4v) is 2.19. The Hall–Kier alpha value is -2.58. The summed E-state index contributed by atoms with van der Waals surface area (Å²) in [5.41, 5.74) is -0.923. The van der Waals surface area contributed by atoms with Crippen LogP contribution in [0.5, 0.6) is 0 Å². The maximum atomic E-state index is 13.6. The first kappa shape index (κ1) is 19.7. The van der Waals surface area contributed by atoms with Crippen molar-refractivity contribution < 1.29 is 23.4 Å². The number of aliphatic hydroxyl groups excluding tert-OH is 1. The van der Waals surface area contributed by atoms with E-state index in [1.807, 2.05) is 0 Å². The number of nitrogens with zero attached hydrogens (tertiary/aromatic N) is 3. The fraction of sp³-hybridized carbons (Fsp3) is 0.125. The van der Waals surface area contributed by atoms with Crippen molar-refractivity contribution in [2.24, 2.45) is 4.99 Å². The first-order valence-corrected chi connectivity index (χ1v) is 7.86. The molecule has 2 aromatic rings. The van der Waals surface area contributed by atoms with Gasteiger partial charge in [0, 0.05) is 12.4 Å². The lowest BCUT2D eigenvalue weighted by atomic mass is 10.1. The number of carbonyl (C=O) groups excluding carboxylic acids is 1. The lowest BCUT2D eigenvalue weighted by Gasteiger charge is -2.08. The Balaban J connectivity index is 2.56. The molecule has 0 radical (unpaired) electrons. The zero-order chi connectivity index (χ0) is 19.3. The first-order chi connectivity index (χ1) is 12.3. The van der Waals surface area contributed by atoms with E-state index in [0.29, 0.717) is 0 Å². The smallest absolute Gasteiger partial charge is 0.343 e. The topological polar surface area (TPSA) is 84.7 Å². The molecule has 2 rings (SSSR count). The van der Waals surface area contributed by atoms with Crippen LogP contribution in [0.1, 0.15) is 12.5 Å². The van der Waals surface area contributed by atoms with E-state index in [0.717, 1.165) is 18.5 Å². The summed E-state index contributed by atoms with van der Waals surface area (Å²) in [4.78, 5) is 23.0. The third kappa shape index (κ3) is 4.53. The van der Waals surface area contributed by atoms with Crippen LogP contribution in [0.4, 0.5) is 14.5 Å². The van der Waals surface area contributed by atoms with Gasteiger partial charge in [-0.05, 0) is 19.1 Å². The molecule has 10 heteroatoms. The molecule has 0 unspecified atom stereocenters. The van der Waals surface area contributed by atoms with Gasteiger partial charge in [-0.1, -0.05) is 23.2 Å². The molecule has 0 saturated heterocycles. The minimum atomic E-state index is -0.977. The van der Waals surface area contributed by atoms with Gasteiger partial charge in [0.25, 0.3) is 0 Å². The lowest BCUT2D eigenvalue weighted by Crippen LogP contribution is -2.12. The van der Waals surface area contributed by atoms with Crippen LogP contribution in [0, 0.1) is 11.6 Å². The van der Waals surface area contributed by atoms with E-state index in [4.69, 9.17) is 27.9 Å². The van der Waals surface area contributed by atoms with Crippen LogP contribution in [-0.4, -0.2) is 33.9 Å². The molecule has 0 aliphatic carbocycles.